The Kier molecular flexibility index (Phi) is 8.58. The van der Waals surface area contributed by atoms with Gasteiger partial charge in [0.05, 0.1) is 16.9 Å². The number of rotatable bonds is 7. The van der Waals surface area contributed by atoms with E-state index in [1.54, 1.807) is 0 Å². The van der Waals surface area contributed by atoms with E-state index in [1.165, 1.54) is 0 Å². The van der Waals surface area contributed by atoms with Gasteiger partial charge in [-0.3, -0.25) is 14.4 Å². The highest BCUT2D eigenvalue weighted by Gasteiger charge is 2.49. The van der Waals surface area contributed by atoms with Crippen molar-refractivity contribution in [3.05, 3.63) is 80.3 Å². The molecule has 1 spiro atoms. The molecule has 4 heterocycles. The third-order valence-corrected chi connectivity index (χ3v) is 11.7. The molecule has 46 heavy (non-hydrogen) atoms. The summed E-state index contributed by atoms with van der Waals surface area (Å²) in [7, 11) is -3.14. The van der Waals surface area contributed by atoms with E-state index in [0.29, 0.717) is 30.0 Å². The molecule has 3 aromatic rings. The minimum absolute atomic E-state index is 0.00551. The van der Waals surface area contributed by atoms with Crippen LogP contribution in [0.15, 0.2) is 41.2 Å². The second-order valence-corrected chi connectivity index (χ2v) is 15.2. The molecule has 10 nitrogen and oxygen atoms in total. The fraction of sp³-hybridized carbons (Fsp3) is 0.457. The SMILES string of the molecule is CCN(c1cc(-c2ccc3c(c2)NC(=O)C32CCS(=O)(=O)CC2)cc(C(=O)NCc2c(C)cc(C)[nH]c2=O)c1C)C1CCOCC1. The van der Waals surface area contributed by atoms with Gasteiger partial charge in [-0.15, -0.1) is 0 Å². The minimum Gasteiger partial charge on any atom is -0.381 e. The van der Waals surface area contributed by atoms with E-state index in [1.807, 2.05) is 51.1 Å². The molecule has 3 aliphatic heterocycles. The number of H-pyrrole nitrogens is 1. The number of nitrogens with zero attached hydrogens (tertiary/aromatic N) is 1. The van der Waals surface area contributed by atoms with Gasteiger partial charge >= 0.3 is 0 Å². The van der Waals surface area contributed by atoms with E-state index in [-0.39, 0.29) is 54.3 Å². The van der Waals surface area contributed by atoms with Gasteiger partial charge in [-0.2, -0.15) is 0 Å². The molecule has 3 aliphatic rings. The van der Waals surface area contributed by atoms with Gasteiger partial charge in [0.1, 0.15) is 9.84 Å². The zero-order valence-electron chi connectivity index (χ0n) is 26.9. The van der Waals surface area contributed by atoms with E-state index in [4.69, 9.17) is 4.74 Å². The Labute approximate surface area is 269 Å². The lowest BCUT2D eigenvalue weighted by molar-refractivity contribution is -0.121. The molecule has 0 unspecified atom stereocenters. The summed E-state index contributed by atoms with van der Waals surface area (Å²) in [6.45, 7) is 9.99. The van der Waals surface area contributed by atoms with Crippen molar-refractivity contribution >= 4 is 33.0 Å². The quantitative estimate of drug-likeness (QED) is 0.348. The molecule has 0 bridgehead atoms. The van der Waals surface area contributed by atoms with Crippen LogP contribution in [0.2, 0.25) is 0 Å². The van der Waals surface area contributed by atoms with Crippen molar-refractivity contribution in [2.75, 3.05) is 41.5 Å². The van der Waals surface area contributed by atoms with Gasteiger partial charge in [0.15, 0.2) is 0 Å². The number of aromatic amines is 1. The molecule has 244 valence electrons. The molecule has 11 heteroatoms. The zero-order valence-corrected chi connectivity index (χ0v) is 27.7. The Bertz CT molecular complexity index is 1860. The second kappa shape index (κ2) is 12.3. The molecule has 0 aliphatic carbocycles. The normalized spacial score (nSPS) is 18.7. The summed E-state index contributed by atoms with van der Waals surface area (Å²) in [5, 5.41) is 6.02. The van der Waals surface area contributed by atoms with Gasteiger partial charge in [-0.05, 0) is 105 Å². The molecule has 3 N–H and O–H groups in total. The maximum Gasteiger partial charge on any atom is 0.253 e. The Morgan fingerprint density at radius 1 is 1.02 bits per heavy atom. The fourth-order valence-corrected chi connectivity index (χ4v) is 8.90. The number of carbonyl (C=O) groups is 2. The highest BCUT2D eigenvalue weighted by molar-refractivity contribution is 7.91. The summed E-state index contributed by atoms with van der Waals surface area (Å²) in [5.74, 6) is -0.444. The largest absolute Gasteiger partial charge is 0.381 e. The number of carbonyl (C=O) groups excluding carboxylic acids is 2. The van der Waals surface area contributed by atoms with Crippen molar-refractivity contribution in [1.29, 1.82) is 0 Å². The molecular formula is C35H42N4O6S. The Balaban J connectivity index is 1.39. The standard InChI is InChI=1S/C35H42N4O6S/c1-5-39(26-8-12-45-13-9-26)31-19-25(17-27(23(31)4)32(40)36-20-28-21(2)16-22(3)37-33(28)41)24-6-7-29-30(18-24)38-34(42)35(29)10-14-46(43,44)15-11-35/h6-7,16-19,26H,5,8-15,20H2,1-4H3,(H,36,40)(H,37,41)(H,38,42). The lowest BCUT2D eigenvalue weighted by Gasteiger charge is -2.37. The van der Waals surface area contributed by atoms with Crippen LogP contribution in [0.5, 0.6) is 0 Å². The Morgan fingerprint density at radius 2 is 1.74 bits per heavy atom. The average Bonchev–Trinajstić information content (AvgIpc) is 3.29. The molecular weight excluding hydrogens is 604 g/mol. The predicted octanol–water partition coefficient (Wildman–Crippen LogP) is 4.30. The van der Waals surface area contributed by atoms with E-state index in [0.717, 1.165) is 58.6 Å². The van der Waals surface area contributed by atoms with E-state index in [9.17, 15) is 22.8 Å². The van der Waals surface area contributed by atoms with Crippen LogP contribution in [0.1, 0.15) is 70.9 Å². The van der Waals surface area contributed by atoms with Crippen LogP contribution in [0, 0.1) is 20.8 Å². The van der Waals surface area contributed by atoms with Crippen LogP contribution in [0.4, 0.5) is 11.4 Å². The van der Waals surface area contributed by atoms with Gasteiger partial charge in [0.25, 0.3) is 11.5 Å². The van der Waals surface area contributed by atoms with Crippen LogP contribution in [0.3, 0.4) is 0 Å². The first-order valence-electron chi connectivity index (χ1n) is 16.1. The molecule has 2 aromatic carbocycles. The molecule has 1 aromatic heterocycles. The van der Waals surface area contributed by atoms with Crippen molar-refractivity contribution in [1.82, 2.24) is 10.3 Å². The summed E-state index contributed by atoms with van der Waals surface area (Å²) >= 11 is 0. The Hall–Kier alpha value is -3.96. The number of aromatic nitrogens is 1. The van der Waals surface area contributed by atoms with Crippen LogP contribution in [0.25, 0.3) is 11.1 Å². The third kappa shape index (κ3) is 5.86. The summed E-state index contributed by atoms with van der Waals surface area (Å²) in [6.07, 6.45) is 2.31. The minimum atomic E-state index is -3.14. The number of anilines is 2. The fourth-order valence-electron chi connectivity index (χ4n) is 7.38. The van der Waals surface area contributed by atoms with Gasteiger partial charge in [-0.25, -0.2) is 8.42 Å². The van der Waals surface area contributed by atoms with Crippen LogP contribution >= 0.6 is 0 Å². The summed E-state index contributed by atoms with van der Waals surface area (Å²) < 4.78 is 30.0. The summed E-state index contributed by atoms with van der Waals surface area (Å²) in [4.78, 5) is 45.0. The molecule has 6 rings (SSSR count). The highest BCUT2D eigenvalue weighted by atomic mass is 32.2. The lowest BCUT2D eigenvalue weighted by Crippen LogP contribution is -2.42. The van der Waals surface area contributed by atoms with Crippen molar-refractivity contribution in [2.45, 2.75) is 71.4 Å². The number of amides is 2. The van der Waals surface area contributed by atoms with Crippen molar-refractivity contribution in [3.63, 3.8) is 0 Å². The van der Waals surface area contributed by atoms with Gasteiger partial charge in [0.2, 0.25) is 5.91 Å². The van der Waals surface area contributed by atoms with Gasteiger partial charge in [0, 0.05) is 60.5 Å². The summed E-state index contributed by atoms with van der Waals surface area (Å²) in [6, 6.07) is 12.0. The summed E-state index contributed by atoms with van der Waals surface area (Å²) in [5.41, 5.74) is 6.54. The van der Waals surface area contributed by atoms with E-state index in [2.05, 4.69) is 33.5 Å². The average molecular weight is 647 g/mol. The van der Waals surface area contributed by atoms with Gasteiger partial charge in [-0.1, -0.05) is 12.1 Å². The molecule has 0 radical (unpaired) electrons. The number of aryl methyl sites for hydroxylation is 2. The zero-order chi connectivity index (χ0) is 32.8. The molecule has 2 saturated heterocycles. The van der Waals surface area contributed by atoms with Crippen molar-refractivity contribution in [2.24, 2.45) is 0 Å². The predicted molar refractivity (Wildman–Crippen MR) is 179 cm³/mol. The number of hydrogen-bond acceptors (Lipinski definition) is 7. The van der Waals surface area contributed by atoms with Crippen molar-refractivity contribution in [3.8, 4) is 11.1 Å². The topological polar surface area (TPSA) is 138 Å². The number of nitrogens with one attached hydrogen (secondary N) is 3. The monoisotopic (exact) mass is 646 g/mol. The lowest BCUT2D eigenvalue weighted by atomic mass is 9.76. The molecule has 0 atom stereocenters. The number of pyridine rings is 1. The third-order valence-electron chi connectivity index (χ3n) is 10.1. The van der Waals surface area contributed by atoms with Crippen molar-refractivity contribution < 1.29 is 22.7 Å². The van der Waals surface area contributed by atoms with Crippen LogP contribution in [-0.2, 0) is 31.3 Å². The molecule has 0 saturated carbocycles. The Morgan fingerprint density at radius 3 is 2.41 bits per heavy atom. The van der Waals surface area contributed by atoms with Crippen LogP contribution in [-0.4, -0.2) is 62.5 Å². The number of ether oxygens (including phenoxy) is 1. The van der Waals surface area contributed by atoms with E-state index < -0.39 is 15.3 Å². The molecule has 2 fully saturated rings. The highest BCUT2D eigenvalue weighted by Crippen LogP contribution is 2.47. The van der Waals surface area contributed by atoms with Gasteiger partial charge < -0.3 is 25.3 Å². The first-order valence-corrected chi connectivity index (χ1v) is 17.9. The first-order chi connectivity index (χ1) is 21.9. The maximum atomic E-state index is 13.9. The first kappa shape index (κ1) is 32.0. The number of hydrogen-bond donors (Lipinski definition) is 3. The number of benzene rings is 2. The van der Waals surface area contributed by atoms with E-state index >= 15 is 0 Å². The second-order valence-electron chi connectivity index (χ2n) is 12.9. The maximum absolute atomic E-state index is 13.9. The molecule has 2 amide bonds. The smallest absolute Gasteiger partial charge is 0.253 e. The number of sulfone groups is 1. The van der Waals surface area contributed by atoms with Crippen LogP contribution < -0.4 is 21.1 Å². The number of fused-ring (bicyclic) bond motifs is 2.